The van der Waals surface area contributed by atoms with Crippen molar-refractivity contribution in [3.63, 3.8) is 0 Å². The molecule has 0 nitrogen and oxygen atoms in total. The van der Waals surface area contributed by atoms with Crippen molar-refractivity contribution in [2.75, 3.05) is 0 Å². The molecule has 0 atom stereocenters. The minimum atomic E-state index is -4.41. The van der Waals surface area contributed by atoms with Crippen molar-refractivity contribution < 1.29 is 17.6 Å². The van der Waals surface area contributed by atoms with Crippen molar-refractivity contribution in [2.24, 2.45) is 0 Å². The van der Waals surface area contributed by atoms with Crippen LogP contribution in [0.4, 0.5) is 17.6 Å². The number of alkyl halides is 4. The predicted octanol–water partition coefficient (Wildman–Crippen LogP) is 3.74. The molecule has 1 aromatic carbocycles. The molecule has 0 amide bonds. The Morgan fingerprint density at radius 1 is 1.23 bits per heavy atom. The molecule has 1 aromatic rings. The number of halogens is 5. The quantitative estimate of drug-likeness (QED) is 0.531. The molecule has 0 saturated carbocycles. The zero-order valence-corrected chi connectivity index (χ0v) is 7.91. The maximum atomic E-state index is 12.8. The highest BCUT2D eigenvalue weighted by Gasteiger charge is 2.30. The third-order valence-corrected chi connectivity index (χ3v) is 2.12. The third-order valence-electron chi connectivity index (χ3n) is 1.52. The van der Waals surface area contributed by atoms with Crippen molar-refractivity contribution in [2.45, 2.75) is 11.5 Å². The van der Waals surface area contributed by atoms with E-state index in [0.29, 0.717) is 0 Å². The molecule has 0 unspecified atom stereocenters. The summed E-state index contributed by atoms with van der Waals surface area (Å²) in [5.74, 6) is -0.634. The lowest BCUT2D eigenvalue weighted by Crippen LogP contribution is -2.05. The van der Waals surface area contributed by atoms with Crippen molar-refractivity contribution in [3.05, 3.63) is 35.1 Å². The molecule has 0 N–H and O–H groups in total. The van der Waals surface area contributed by atoms with Crippen LogP contribution in [0.15, 0.2) is 18.2 Å². The van der Waals surface area contributed by atoms with E-state index in [1.807, 2.05) is 0 Å². The Kier molecular flexibility index (Phi) is 2.95. The molecule has 0 radical (unpaired) electrons. The van der Waals surface area contributed by atoms with Gasteiger partial charge in [0.2, 0.25) is 0 Å². The fraction of sp³-hybridized carbons (Fsp3) is 0.250. The maximum Gasteiger partial charge on any atom is 0.416 e. The van der Waals surface area contributed by atoms with Gasteiger partial charge < -0.3 is 0 Å². The van der Waals surface area contributed by atoms with Crippen LogP contribution in [-0.4, -0.2) is 0 Å². The average molecular weight is 257 g/mol. The van der Waals surface area contributed by atoms with Crippen LogP contribution in [0.2, 0.25) is 0 Å². The van der Waals surface area contributed by atoms with Crippen molar-refractivity contribution in [3.8, 4) is 0 Å². The first-order valence-electron chi connectivity index (χ1n) is 3.36. The molecule has 0 bridgehead atoms. The van der Waals surface area contributed by atoms with Crippen LogP contribution in [0.1, 0.15) is 11.1 Å². The molecule has 0 aliphatic carbocycles. The second-order valence-corrected chi connectivity index (χ2v) is 3.00. The van der Waals surface area contributed by atoms with E-state index in [1.165, 1.54) is 0 Å². The molecule has 13 heavy (non-hydrogen) atoms. The lowest BCUT2D eigenvalue weighted by Gasteiger charge is -2.07. The smallest absolute Gasteiger partial charge is 0.207 e. The molecule has 0 heterocycles. The summed E-state index contributed by atoms with van der Waals surface area (Å²) < 4.78 is 49.1. The molecule has 72 valence electrons. The fourth-order valence-corrected chi connectivity index (χ4v) is 1.28. The predicted molar refractivity (Wildman–Crippen MR) is 44.0 cm³/mol. The van der Waals surface area contributed by atoms with Crippen LogP contribution >= 0.6 is 15.9 Å². The minimum absolute atomic E-state index is 0.00910. The van der Waals surface area contributed by atoms with Crippen LogP contribution < -0.4 is 0 Å². The Hall–Kier alpha value is -0.580. The zero-order valence-electron chi connectivity index (χ0n) is 6.33. The van der Waals surface area contributed by atoms with E-state index in [4.69, 9.17) is 0 Å². The van der Waals surface area contributed by atoms with Crippen LogP contribution in [0, 0.1) is 5.82 Å². The standard InChI is InChI=1S/C8H5BrF4/c9-4-5-3-6(8(11,12)13)1-2-7(5)10/h1-3H,4H2. The molecule has 0 fully saturated rings. The molecule has 0 aliphatic rings. The van der Waals surface area contributed by atoms with E-state index in [-0.39, 0.29) is 10.9 Å². The molecular weight excluding hydrogens is 252 g/mol. The molecule has 1 rings (SSSR count). The van der Waals surface area contributed by atoms with Gasteiger partial charge in [0.05, 0.1) is 5.56 Å². The van der Waals surface area contributed by atoms with E-state index in [0.717, 1.165) is 18.2 Å². The molecule has 0 aliphatic heterocycles. The van der Waals surface area contributed by atoms with Crippen LogP contribution in [0.5, 0.6) is 0 Å². The van der Waals surface area contributed by atoms with E-state index in [2.05, 4.69) is 15.9 Å². The summed E-state index contributed by atoms with van der Waals surface area (Å²) in [5.41, 5.74) is -0.821. The summed E-state index contributed by atoms with van der Waals surface area (Å²) in [6.07, 6.45) is -4.41. The molecular formula is C8H5BrF4. The van der Waals surface area contributed by atoms with Crippen LogP contribution in [0.3, 0.4) is 0 Å². The molecule has 0 spiro atoms. The van der Waals surface area contributed by atoms with Gasteiger partial charge in [-0.1, -0.05) is 15.9 Å². The first-order chi connectivity index (χ1) is 5.95. The van der Waals surface area contributed by atoms with Crippen LogP contribution in [0.25, 0.3) is 0 Å². The fourth-order valence-electron chi connectivity index (χ4n) is 0.853. The Morgan fingerprint density at radius 3 is 2.31 bits per heavy atom. The largest absolute Gasteiger partial charge is 0.416 e. The second kappa shape index (κ2) is 3.65. The molecule has 5 heteroatoms. The average Bonchev–Trinajstić information content (AvgIpc) is 2.03. The number of hydrogen-bond acceptors (Lipinski definition) is 0. The Labute approximate surface area is 80.7 Å². The lowest BCUT2D eigenvalue weighted by atomic mass is 10.1. The van der Waals surface area contributed by atoms with E-state index >= 15 is 0 Å². The van der Waals surface area contributed by atoms with Gasteiger partial charge in [-0.15, -0.1) is 0 Å². The number of benzene rings is 1. The summed E-state index contributed by atoms with van der Waals surface area (Å²) in [4.78, 5) is 0. The van der Waals surface area contributed by atoms with Gasteiger partial charge in [0.15, 0.2) is 0 Å². The van der Waals surface area contributed by atoms with Crippen molar-refractivity contribution >= 4 is 15.9 Å². The van der Waals surface area contributed by atoms with Crippen LogP contribution in [-0.2, 0) is 11.5 Å². The highest BCUT2D eigenvalue weighted by molar-refractivity contribution is 9.08. The van der Waals surface area contributed by atoms with Gasteiger partial charge >= 0.3 is 6.18 Å². The molecule has 0 saturated heterocycles. The van der Waals surface area contributed by atoms with Gasteiger partial charge in [0.1, 0.15) is 5.82 Å². The first kappa shape index (κ1) is 10.5. The van der Waals surface area contributed by atoms with E-state index in [1.54, 1.807) is 0 Å². The Bertz CT molecular complexity index is 306. The van der Waals surface area contributed by atoms with Gasteiger partial charge in [0.25, 0.3) is 0 Å². The summed E-state index contributed by atoms with van der Waals surface area (Å²) in [7, 11) is 0. The highest BCUT2D eigenvalue weighted by atomic mass is 79.9. The van der Waals surface area contributed by atoms with E-state index in [9.17, 15) is 17.6 Å². The van der Waals surface area contributed by atoms with Gasteiger partial charge in [-0.25, -0.2) is 4.39 Å². The summed E-state index contributed by atoms with van der Waals surface area (Å²) >= 11 is 2.90. The topological polar surface area (TPSA) is 0 Å². The number of hydrogen-bond donors (Lipinski definition) is 0. The SMILES string of the molecule is Fc1ccc(C(F)(F)F)cc1CBr. The molecule has 0 aromatic heterocycles. The van der Waals surface area contributed by atoms with Gasteiger partial charge in [-0.2, -0.15) is 13.2 Å². The van der Waals surface area contributed by atoms with Gasteiger partial charge in [0, 0.05) is 5.33 Å². The normalized spacial score (nSPS) is 11.8. The lowest BCUT2D eigenvalue weighted by molar-refractivity contribution is -0.137. The Morgan fingerprint density at radius 2 is 1.85 bits per heavy atom. The second-order valence-electron chi connectivity index (χ2n) is 2.44. The zero-order chi connectivity index (χ0) is 10.1. The van der Waals surface area contributed by atoms with Crippen molar-refractivity contribution in [1.29, 1.82) is 0 Å². The monoisotopic (exact) mass is 256 g/mol. The Balaban J connectivity index is 3.14. The summed E-state index contributed by atoms with van der Waals surface area (Å²) in [5, 5.41) is 0.0722. The number of rotatable bonds is 1. The van der Waals surface area contributed by atoms with Crippen molar-refractivity contribution in [1.82, 2.24) is 0 Å². The summed E-state index contributed by atoms with van der Waals surface area (Å²) in [6, 6.07) is 2.34. The highest BCUT2D eigenvalue weighted by Crippen LogP contribution is 2.30. The summed E-state index contributed by atoms with van der Waals surface area (Å²) in [6.45, 7) is 0. The minimum Gasteiger partial charge on any atom is -0.207 e. The first-order valence-corrected chi connectivity index (χ1v) is 4.49. The van der Waals surface area contributed by atoms with E-state index < -0.39 is 17.6 Å². The van der Waals surface area contributed by atoms with Gasteiger partial charge in [-0.05, 0) is 23.8 Å². The van der Waals surface area contributed by atoms with Gasteiger partial charge in [-0.3, -0.25) is 0 Å². The third kappa shape index (κ3) is 2.43. The maximum absolute atomic E-state index is 12.8.